The molecule has 0 amide bonds. The smallest absolute Gasteiger partial charge is 0.416 e. The normalized spacial score (nSPS) is 21.1. The highest BCUT2D eigenvalue weighted by Gasteiger charge is 2.38. The van der Waals surface area contributed by atoms with E-state index in [1.807, 2.05) is 13.7 Å². The lowest BCUT2D eigenvalue weighted by Gasteiger charge is -2.35. The fourth-order valence-electron chi connectivity index (χ4n) is 3.43. The summed E-state index contributed by atoms with van der Waals surface area (Å²) in [6.07, 6.45) is 4.18. The number of alkyl halides is 3. The van der Waals surface area contributed by atoms with Gasteiger partial charge in [0.05, 0.1) is 17.6 Å². The fourth-order valence-corrected chi connectivity index (χ4v) is 3.43. The second kappa shape index (κ2) is 13.4. The van der Waals surface area contributed by atoms with Crippen molar-refractivity contribution in [2.45, 2.75) is 78.8 Å². The van der Waals surface area contributed by atoms with Crippen LogP contribution in [0.4, 0.5) is 13.2 Å². The summed E-state index contributed by atoms with van der Waals surface area (Å²) in [5.41, 5.74) is -0.157. The molecular formula is C23H35F3O3. The lowest BCUT2D eigenvalue weighted by atomic mass is 9.70. The molecule has 2 rings (SSSR count). The van der Waals surface area contributed by atoms with Crippen molar-refractivity contribution in [3.8, 4) is 0 Å². The maximum atomic E-state index is 12.0. The molecule has 1 aromatic carbocycles. The van der Waals surface area contributed by atoms with Gasteiger partial charge in [-0.05, 0) is 58.4 Å². The van der Waals surface area contributed by atoms with Crippen molar-refractivity contribution in [1.82, 2.24) is 0 Å². The average molecular weight is 417 g/mol. The standard InChI is InChI=1S/C14H26O2.C8H7F3.CH2O/c1-4-6-7-12-8-10-14(3,11-9-12)13(15)16-5-2;1-6-3-2-4-7(5-6)8(9,10)11;1-2/h12H,4-11H2,1-3H3;2-5H,1H3;1H2. The Morgan fingerprint density at radius 2 is 1.79 bits per heavy atom. The van der Waals surface area contributed by atoms with Gasteiger partial charge < -0.3 is 9.53 Å². The van der Waals surface area contributed by atoms with Gasteiger partial charge >= 0.3 is 12.1 Å². The molecule has 6 heteroatoms. The van der Waals surface area contributed by atoms with Crippen molar-refractivity contribution in [2.24, 2.45) is 11.3 Å². The molecule has 1 aromatic rings. The topological polar surface area (TPSA) is 43.4 Å². The third kappa shape index (κ3) is 9.95. The third-order valence-electron chi connectivity index (χ3n) is 5.29. The number of ether oxygens (including phenoxy) is 1. The Hall–Kier alpha value is -1.85. The molecule has 0 heterocycles. The number of carbonyl (C=O) groups is 2. The van der Waals surface area contributed by atoms with Crippen LogP contribution in [-0.4, -0.2) is 19.4 Å². The second-order valence-corrected chi connectivity index (χ2v) is 7.73. The Kier molecular flexibility index (Phi) is 12.5. The summed E-state index contributed by atoms with van der Waals surface area (Å²) >= 11 is 0. The molecule has 1 fully saturated rings. The molecule has 0 atom stereocenters. The summed E-state index contributed by atoms with van der Waals surface area (Å²) < 4.78 is 41.1. The largest absolute Gasteiger partial charge is 0.466 e. The predicted molar refractivity (Wildman–Crippen MR) is 110 cm³/mol. The van der Waals surface area contributed by atoms with E-state index in [4.69, 9.17) is 9.53 Å². The van der Waals surface area contributed by atoms with Crippen molar-refractivity contribution < 1.29 is 27.5 Å². The molecule has 0 saturated heterocycles. The van der Waals surface area contributed by atoms with Gasteiger partial charge in [-0.2, -0.15) is 13.2 Å². The predicted octanol–water partition coefficient (Wildman–Crippen LogP) is 6.77. The van der Waals surface area contributed by atoms with Crippen LogP contribution < -0.4 is 0 Å². The molecule has 0 aliphatic heterocycles. The summed E-state index contributed by atoms with van der Waals surface area (Å²) in [6, 6.07) is 5.22. The van der Waals surface area contributed by atoms with Gasteiger partial charge in [0.15, 0.2) is 0 Å². The van der Waals surface area contributed by atoms with E-state index in [1.165, 1.54) is 38.2 Å². The molecule has 0 spiro atoms. The van der Waals surface area contributed by atoms with Crippen LogP contribution in [0.2, 0.25) is 0 Å². The van der Waals surface area contributed by atoms with E-state index in [-0.39, 0.29) is 11.4 Å². The Labute approximate surface area is 173 Å². The molecular weight excluding hydrogens is 381 g/mol. The van der Waals surface area contributed by atoms with E-state index >= 15 is 0 Å². The Balaban J connectivity index is 0.000000526. The van der Waals surface area contributed by atoms with Crippen LogP contribution in [0.1, 0.15) is 76.8 Å². The van der Waals surface area contributed by atoms with Crippen LogP contribution in [0.5, 0.6) is 0 Å². The average Bonchev–Trinajstić information content (AvgIpc) is 2.69. The molecule has 0 unspecified atom stereocenters. The zero-order valence-electron chi connectivity index (χ0n) is 18.1. The van der Waals surface area contributed by atoms with Gasteiger partial charge in [-0.25, -0.2) is 0 Å². The molecule has 1 aliphatic carbocycles. The number of rotatable bonds is 5. The molecule has 0 aromatic heterocycles. The first-order valence-corrected chi connectivity index (χ1v) is 10.2. The number of halogens is 3. The van der Waals surface area contributed by atoms with Crippen LogP contribution in [0.15, 0.2) is 24.3 Å². The van der Waals surface area contributed by atoms with E-state index in [9.17, 15) is 18.0 Å². The summed E-state index contributed by atoms with van der Waals surface area (Å²) in [7, 11) is 0. The fraction of sp³-hybridized carbons (Fsp3) is 0.652. The lowest BCUT2D eigenvalue weighted by molar-refractivity contribution is -0.157. The number of hydrogen-bond donors (Lipinski definition) is 0. The minimum Gasteiger partial charge on any atom is -0.466 e. The third-order valence-corrected chi connectivity index (χ3v) is 5.29. The minimum absolute atomic E-state index is 0.0175. The zero-order valence-corrected chi connectivity index (χ0v) is 18.1. The molecule has 0 bridgehead atoms. The number of carbonyl (C=O) groups excluding carboxylic acids is 2. The van der Waals surface area contributed by atoms with Crippen molar-refractivity contribution in [2.75, 3.05) is 6.61 Å². The molecule has 3 nitrogen and oxygen atoms in total. The van der Waals surface area contributed by atoms with Crippen LogP contribution in [0, 0.1) is 18.3 Å². The number of esters is 1. The van der Waals surface area contributed by atoms with Gasteiger partial charge in [-0.3, -0.25) is 4.79 Å². The van der Waals surface area contributed by atoms with Gasteiger partial charge in [0, 0.05) is 0 Å². The van der Waals surface area contributed by atoms with E-state index in [2.05, 4.69) is 13.8 Å². The maximum absolute atomic E-state index is 12.0. The van der Waals surface area contributed by atoms with Crippen molar-refractivity contribution in [3.63, 3.8) is 0 Å². The number of aryl methyl sites for hydroxylation is 1. The van der Waals surface area contributed by atoms with Gasteiger partial charge in [0.2, 0.25) is 0 Å². The Morgan fingerprint density at radius 1 is 1.21 bits per heavy atom. The van der Waals surface area contributed by atoms with E-state index in [1.54, 1.807) is 13.0 Å². The Morgan fingerprint density at radius 3 is 2.21 bits per heavy atom. The van der Waals surface area contributed by atoms with E-state index < -0.39 is 11.7 Å². The molecule has 29 heavy (non-hydrogen) atoms. The highest BCUT2D eigenvalue weighted by molar-refractivity contribution is 5.76. The highest BCUT2D eigenvalue weighted by atomic mass is 19.4. The SMILES string of the molecule is C=O.CCCCC1CCC(C)(C(=O)OCC)CC1.Cc1cccc(C(F)(F)F)c1. The summed E-state index contributed by atoms with van der Waals surface area (Å²) in [4.78, 5) is 19.8. The summed E-state index contributed by atoms with van der Waals surface area (Å²) in [5, 5.41) is 0. The van der Waals surface area contributed by atoms with Crippen molar-refractivity contribution in [1.29, 1.82) is 0 Å². The van der Waals surface area contributed by atoms with Crippen LogP contribution in [0.3, 0.4) is 0 Å². The van der Waals surface area contributed by atoms with Crippen LogP contribution in [0.25, 0.3) is 0 Å². The minimum atomic E-state index is -4.22. The second-order valence-electron chi connectivity index (χ2n) is 7.73. The van der Waals surface area contributed by atoms with Crippen LogP contribution in [-0.2, 0) is 20.5 Å². The van der Waals surface area contributed by atoms with E-state index in [0.717, 1.165) is 30.9 Å². The number of benzene rings is 1. The first kappa shape index (κ1) is 27.1. The molecule has 0 radical (unpaired) electrons. The maximum Gasteiger partial charge on any atom is 0.416 e. The van der Waals surface area contributed by atoms with Crippen LogP contribution >= 0.6 is 0 Å². The van der Waals surface area contributed by atoms with Gasteiger partial charge in [0.25, 0.3) is 0 Å². The number of hydrogen-bond acceptors (Lipinski definition) is 3. The van der Waals surface area contributed by atoms with Crippen molar-refractivity contribution in [3.05, 3.63) is 35.4 Å². The molecule has 1 saturated carbocycles. The molecule has 1 aliphatic rings. The molecule has 166 valence electrons. The lowest BCUT2D eigenvalue weighted by Crippen LogP contribution is -2.34. The van der Waals surface area contributed by atoms with Gasteiger partial charge in [-0.15, -0.1) is 0 Å². The van der Waals surface area contributed by atoms with Gasteiger partial charge in [-0.1, -0.05) is 49.9 Å². The quantitative estimate of drug-likeness (QED) is 0.498. The zero-order chi connectivity index (χ0) is 22.5. The summed E-state index contributed by atoms with van der Waals surface area (Å²) in [5.74, 6) is 0.867. The Bertz CT molecular complexity index is 591. The van der Waals surface area contributed by atoms with Crippen molar-refractivity contribution >= 4 is 12.8 Å². The van der Waals surface area contributed by atoms with Gasteiger partial charge in [0.1, 0.15) is 6.79 Å². The summed E-state index contributed by atoms with van der Waals surface area (Å²) in [6.45, 7) is 10.3. The monoisotopic (exact) mass is 416 g/mol. The van der Waals surface area contributed by atoms with E-state index in [0.29, 0.717) is 12.2 Å². The first-order valence-electron chi connectivity index (χ1n) is 10.2. The molecule has 0 N–H and O–H groups in total. The number of unbranched alkanes of at least 4 members (excludes halogenated alkanes) is 1. The first-order chi connectivity index (χ1) is 13.6. The highest BCUT2D eigenvalue weighted by Crippen LogP contribution is 2.41.